The SMILES string of the molecule is CCCCCCCCN(C)Cc1[c]cccn1. The third kappa shape index (κ3) is 7.11. The quantitative estimate of drug-likeness (QED) is 0.605. The number of nitrogens with zero attached hydrogens (tertiary/aromatic N) is 2. The summed E-state index contributed by atoms with van der Waals surface area (Å²) in [5.41, 5.74) is 1.04. The van der Waals surface area contributed by atoms with E-state index in [4.69, 9.17) is 0 Å². The second kappa shape index (κ2) is 9.17. The molecule has 2 heteroatoms. The van der Waals surface area contributed by atoms with E-state index in [1.54, 1.807) is 0 Å². The zero-order valence-corrected chi connectivity index (χ0v) is 11.3. The fraction of sp³-hybridized carbons (Fsp3) is 0.667. The molecule has 0 aliphatic heterocycles. The third-order valence-electron chi connectivity index (χ3n) is 2.98. The number of hydrogen-bond acceptors (Lipinski definition) is 2. The highest BCUT2D eigenvalue weighted by molar-refractivity contribution is 5.00. The fourth-order valence-corrected chi connectivity index (χ4v) is 1.94. The molecule has 0 aliphatic carbocycles. The Hall–Kier alpha value is -0.890. The molecular formula is C15H25N2. The number of rotatable bonds is 9. The maximum atomic E-state index is 4.29. The van der Waals surface area contributed by atoms with E-state index >= 15 is 0 Å². The molecule has 0 unspecified atom stereocenters. The molecule has 1 radical (unpaired) electrons. The monoisotopic (exact) mass is 233 g/mol. The van der Waals surface area contributed by atoms with Crippen molar-refractivity contribution in [2.75, 3.05) is 13.6 Å². The van der Waals surface area contributed by atoms with Crippen molar-refractivity contribution in [3.63, 3.8) is 0 Å². The zero-order valence-electron chi connectivity index (χ0n) is 11.3. The summed E-state index contributed by atoms with van der Waals surface area (Å²) in [6, 6.07) is 7.01. The molecule has 0 bridgehead atoms. The first-order chi connectivity index (χ1) is 8.33. The molecule has 0 spiro atoms. The summed E-state index contributed by atoms with van der Waals surface area (Å²) >= 11 is 0. The Balaban J connectivity index is 2.03. The van der Waals surface area contributed by atoms with Gasteiger partial charge in [0, 0.05) is 18.8 Å². The van der Waals surface area contributed by atoms with Crippen LogP contribution in [-0.4, -0.2) is 23.5 Å². The van der Waals surface area contributed by atoms with Crippen LogP contribution in [0.25, 0.3) is 0 Å². The average molecular weight is 233 g/mol. The van der Waals surface area contributed by atoms with Crippen molar-refractivity contribution in [2.45, 2.75) is 52.0 Å². The summed E-state index contributed by atoms with van der Waals surface area (Å²) < 4.78 is 0. The van der Waals surface area contributed by atoms with E-state index in [9.17, 15) is 0 Å². The van der Waals surface area contributed by atoms with Gasteiger partial charge in [-0.05, 0) is 26.1 Å². The minimum absolute atomic E-state index is 0.912. The molecule has 1 rings (SSSR count). The second-order valence-electron chi connectivity index (χ2n) is 4.73. The molecular weight excluding hydrogens is 208 g/mol. The Morgan fingerprint density at radius 3 is 2.65 bits per heavy atom. The van der Waals surface area contributed by atoms with Crippen molar-refractivity contribution in [3.8, 4) is 0 Å². The van der Waals surface area contributed by atoms with Crippen LogP contribution in [0.3, 0.4) is 0 Å². The predicted molar refractivity (Wildman–Crippen MR) is 72.8 cm³/mol. The Bertz CT molecular complexity index is 272. The van der Waals surface area contributed by atoms with E-state index in [-0.39, 0.29) is 0 Å². The van der Waals surface area contributed by atoms with Gasteiger partial charge < -0.3 is 4.90 Å². The van der Waals surface area contributed by atoms with Crippen LogP contribution in [0.5, 0.6) is 0 Å². The van der Waals surface area contributed by atoms with E-state index in [1.807, 2.05) is 18.3 Å². The van der Waals surface area contributed by atoms with Crippen LogP contribution in [0.15, 0.2) is 18.3 Å². The standard InChI is InChI=1S/C15H25N2/c1-3-4-5-6-7-10-13-17(2)14-15-11-8-9-12-16-15/h8-9,12H,3-7,10,13-14H2,1-2H3. The maximum absolute atomic E-state index is 4.29. The highest BCUT2D eigenvalue weighted by Crippen LogP contribution is 2.06. The number of hydrogen-bond donors (Lipinski definition) is 0. The van der Waals surface area contributed by atoms with Gasteiger partial charge in [-0.25, -0.2) is 0 Å². The summed E-state index contributed by atoms with van der Waals surface area (Å²) in [5, 5.41) is 0. The molecule has 1 heterocycles. The van der Waals surface area contributed by atoms with Crippen molar-refractivity contribution >= 4 is 0 Å². The molecule has 0 saturated heterocycles. The number of aromatic nitrogens is 1. The Morgan fingerprint density at radius 2 is 1.94 bits per heavy atom. The van der Waals surface area contributed by atoms with Gasteiger partial charge in [0.15, 0.2) is 0 Å². The molecule has 0 atom stereocenters. The van der Waals surface area contributed by atoms with Gasteiger partial charge in [0.2, 0.25) is 0 Å². The van der Waals surface area contributed by atoms with Crippen LogP contribution in [0.1, 0.15) is 51.1 Å². The lowest BCUT2D eigenvalue weighted by Gasteiger charge is -2.15. The van der Waals surface area contributed by atoms with Crippen molar-refractivity contribution < 1.29 is 0 Å². The van der Waals surface area contributed by atoms with Gasteiger partial charge in [-0.1, -0.05) is 45.1 Å². The molecule has 2 nitrogen and oxygen atoms in total. The summed E-state index contributed by atoms with van der Waals surface area (Å²) in [6.45, 7) is 4.34. The highest BCUT2D eigenvalue weighted by Gasteiger charge is 2.00. The maximum Gasteiger partial charge on any atom is 0.0622 e. The normalized spacial score (nSPS) is 11.0. The third-order valence-corrected chi connectivity index (χ3v) is 2.98. The lowest BCUT2D eigenvalue weighted by molar-refractivity contribution is 0.312. The van der Waals surface area contributed by atoms with Crippen LogP contribution < -0.4 is 0 Å². The number of pyridine rings is 1. The van der Waals surface area contributed by atoms with Gasteiger partial charge in [0.25, 0.3) is 0 Å². The van der Waals surface area contributed by atoms with Gasteiger partial charge in [-0.2, -0.15) is 0 Å². The minimum Gasteiger partial charge on any atom is -0.301 e. The lowest BCUT2D eigenvalue weighted by atomic mass is 10.1. The topological polar surface area (TPSA) is 16.1 Å². The second-order valence-corrected chi connectivity index (χ2v) is 4.73. The van der Waals surface area contributed by atoms with Crippen LogP contribution in [0.2, 0.25) is 0 Å². The minimum atomic E-state index is 0.912. The molecule has 0 aliphatic rings. The molecule has 0 N–H and O–H groups in total. The summed E-state index contributed by atoms with van der Waals surface area (Å²) in [6.07, 6.45) is 9.99. The largest absolute Gasteiger partial charge is 0.301 e. The molecule has 17 heavy (non-hydrogen) atoms. The summed E-state index contributed by atoms with van der Waals surface area (Å²) in [4.78, 5) is 6.62. The van der Waals surface area contributed by atoms with Crippen molar-refractivity contribution in [3.05, 3.63) is 30.1 Å². The Kier molecular flexibility index (Phi) is 7.65. The lowest BCUT2D eigenvalue weighted by Crippen LogP contribution is -2.19. The highest BCUT2D eigenvalue weighted by atomic mass is 15.1. The van der Waals surface area contributed by atoms with Gasteiger partial charge in [-0.3, -0.25) is 4.98 Å². The van der Waals surface area contributed by atoms with E-state index in [2.05, 4.69) is 29.9 Å². The van der Waals surface area contributed by atoms with Crippen LogP contribution in [0, 0.1) is 6.07 Å². The van der Waals surface area contributed by atoms with E-state index in [1.165, 1.54) is 38.5 Å². The first kappa shape index (κ1) is 14.2. The van der Waals surface area contributed by atoms with Crippen molar-refractivity contribution in [1.29, 1.82) is 0 Å². The molecule has 95 valence electrons. The average Bonchev–Trinajstić information content (AvgIpc) is 2.35. The molecule has 0 aromatic carbocycles. The zero-order chi connectivity index (χ0) is 12.3. The molecule has 1 aromatic rings. The van der Waals surface area contributed by atoms with Crippen LogP contribution in [-0.2, 0) is 6.54 Å². The molecule has 0 fully saturated rings. The van der Waals surface area contributed by atoms with Crippen molar-refractivity contribution in [2.24, 2.45) is 0 Å². The van der Waals surface area contributed by atoms with Gasteiger partial charge in [-0.15, -0.1) is 0 Å². The smallest absolute Gasteiger partial charge is 0.0622 e. The van der Waals surface area contributed by atoms with E-state index < -0.39 is 0 Å². The van der Waals surface area contributed by atoms with Gasteiger partial charge >= 0.3 is 0 Å². The van der Waals surface area contributed by atoms with Crippen molar-refractivity contribution in [1.82, 2.24) is 9.88 Å². The predicted octanol–water partition coefficient (Wildman–Crippen LogP) is 3.67. The summed E-state index contributed by atoms with van der Waals surface area (Å²) in [7, 11) is 2.16. The fourth-order valence-electron chi connectivity index (χ4n) is 1.94. The van der Waals surface area contributed by atoms with Gasteiger partial charge in [0.1, 0.15) is 0 Å². The van der Waals surface area contributed by atoms with Gasteiger partial charge in [0.05, 0.1) is 5.69 Å². The Labute approximate surface area is 106 Å². The summed E-state index contributed by atoms with van der Waals surface area (Å²) in [5.74, 6) is 0. The van der Waals surface area contributed by atoms with E-state index in [0.29, 0.717) is 0 Å². The first-order valence-corrected chi connectivity index (χ1v) is 6.83. The van der Waals surface area contributed by atoms with Crippen LogP contribution >= 0.6 is 0 Å². The van der Waals surface area contributed by atoms with Crippen LogP contribution in [0.4, 0.5) is 0 Å². The molecule has 0 amide bonds. The molecule has 0 saturated carbocycles. The van der Waals surface area contributed by atoms with E-state index in [0.717, 1.165) is 18.8 Å². The number of unbranched alkanes of at least 4 members (excludes halogenated alkanes) is 5. The Morgan fingerprint density at radius 1 is 1.18 bits per heavy atom. The first-order valence-electron chi connectivity index (χ1n) is 6.83. The molecule has 1 aromatic heterocycles.